The Labute approximate surface area is 115 Å². The Morgan fingerprint density at radius 2 is 2.11 bits per heavy atom. The lowest BCUT2D eigenvalue weighted by Gasteiger charge is -2.23. The molecule has 0 fully saturated rings. The highest BCUT2D eigenvalue weighted by Gasteiger charge is 2.12. The largest absolute Gasteiger partial charge is 0.491 e. The number of aliphatic hydroxyl groups is 1. The smallest absolute Gasteiger partial charge is 0.137 e. The summed E-state index contributed by atoms with van der Waals surface area (Å²) in [7, 11) is 0. The highest BCUT2D eigenvalue weighted by atomic mass is 79.9. The van der Waals surface area contributed by atoms with Gasteiger partial charge in [-0.1, -0.05) is 0 Å². The Morgan fingerprint density at radius 3 is 2.67 bits per heavy atom. The number of nitrogens with one attached hydrogen (secondary N) is 1. The van der Waals surface area contributed by atoms with Crippen LogP contribution in [0.2, 0.25) is 0 Å². The van der Waals surface area contributed by atoms with Gasteiger partial charge in [-0.25, -0.2) is 4.39 Å². The normalized spacial score (nSPS) is 13.4. The molecular formula is C13H19BrFNO2. The molecular weight excluding hydrogens is 301 g/mol. The van der Waals surface area contributed by atoms with Gasteiger partial charge in [0.25, 0.3) is 0 Å². The topological polar surface area (TPSA) is 41.5 Å². The molecule has 2 N–H and O–H groups in total. The molecule has 18 heavy (non-hydrogen) atoms. The molecule has 1 aromatic rings. The van der Waals surface area contributed by atoms with Gasteiger partial charge in [-0.3, -0.25) is 0 Å². The number of halogens is 2. The van der Waals surface area contributed by atoms with E-state index >= 15 is 0 Å². The maximum Gasteiger partial charge on any atom is 0.137 e. The number of hydrogen-bond acceptors (Lipinski definition) is 3. The Morgan fingerprint density at radius 1 is 1.44 bits per heavy atom. The predicted molar refractivity (Wildman–Crippen MR) is 73.4 cm³/mol. The zero-order chi connectivity index (χ0) is 13.8. The minimum atomic E-state index is -0.604. The van der Waals surface area contributed by atoms with Crippen molar-refractivity contribution in [3.05, 3.63) is 28.5 Å². The maximum atomic E-state index is 13.0. The van der Waals surface area contributed by atoms with E-state index in [9.17, 15) is 9.50 Å². The van der Waals surface area contributed by atoms with Crippen molar-refractivity contribution in [1.82, 2.24) is 5.32 Å². The molecule has 0 aliphatic carbocycles. The van der Waals surface area contributed by atoms with Gasteiger partial charge in [0.2, 0.25) is 0 Å². The Hall–Kier alpha value is -0.650. The van der Waals surface area contributed by atoms with Gasteiger partial charge in [0.15, 0.2) is 0 Å². The Balaban J connectivity index is 2.38. The van der Waals surface area contributed by atoms with Crippen LogP contribution < -0.4 is 10.1 Å². The van der Waals surface area contributed by atoms with Crippen LogP contribution in [0.4, 0.5) is 4.39 Å². The molecule has 5 heteroatoms. The van der Waals surface area contributed by atoms with Crippen LogP contribution in [0.25, 0.3) is 0 Å². The summed E-state index contributed by atoms with van der Waals surface area (Å²) in [4.78, 5) is 0. The van der Waals surface area contributed by atoms with Crippen LogP contribution in [0.1, 0.15) is 20.8 Å². The third-order valence-electron chi connectivity index (χ3n) is 2.20. The molecule has 0 bridgehead atoms. The lowest BCUT2D eigenvalue weighted by molar-refractivity contribution is 0.1000. The first-order valence-corrected chi connectivity index (χ1v) is 6.58. The molecule has 0 heterocycles. The van der Waals surface area contributed by atoms with Gasteiger partial charge in [-0.2, -0.15) is 0 Å². The van der Waals surface area contributed by atoms with Crippen LogP contribution in [0.15, 0.2) is 22.7 Å². The van der Waals surface area contributed by atoms with Crippen molar-refractivity contribution < 1.29 is 14.2 Å². The quantitative estimate of drug-likeness (QED) is 0.876. The fourth-order valence-corrected chi connectivity index (χ4v) is 1.60. The summed E-state index contributed by atoms with van der Waals surface area (Å²) in [6, 6.07) is 4.39. The van der Waals surface area contributed by atoms with Crippen molar-refractivity contribution in [2.45, 2.75) is 32.4 Å². The molecule has 3 nitrogen and oxygen atoms in total. The number of aliphatic hydroxyl groups excluding tert-OH is 1. The Kier molecular flexibility index (Phi) is 5.56. The van der Waals surface area contributed by atoms with Crippen molar-refractivity contribution in [3.8, 4) is 5.75 Å². The van der Waals surface area contributed by atoms with E-state index in [4.69, 9.17) is 4.74 Å². The number of ether oxygens (including phenoxy) is 1. The van der Waals surface area contributed by atoms with E-state index in [0.29, 0.717) is 16.8 Å². The van der Waals surface area contributed by atoms with Crippen molar-refractivity contribution in [2.24, 2.45) is 0 Å². The van der Waals surface area contributed by atoms with Crippen molar-refractivity contribution in [3.63, 3.8) is 0 Å². The van der Waals surface area contributed by atoms with Gasteiger partial charge >= 0.3 is 0 Å². The molecule has 102 valence electrons. The minimum absolute atomic E-state index is 0.0418. The highest BCUT2D eigenvalue weighted by Crippen LogP contribution is 2.21. The first-order chi connectivity index (χ1) is 8.28. The van der Waals surface area contributed by atoms with Crippen molar-refractivity contribution >= 4 is 15.9 Å². The summed E-state index contributed by atoms with van der Waals surface area (Å²) in [6.07, 6.45) is -0.604. The monoisotopic (exact) mass is 319 g/mol. The molecule has 0 saturated carbocycles. The minimum Gasteiger partial charge on any atom is -0.491 e. The summed E-state index contributed by atoms with van der Waals surface area (Å²) in [5, 5.41) is 12.9. The van der Waals surface area contributed by atoms with Gasteiger partial charge in [0.1, 0.15) is 24.3 Å². The van der Waals surface area contributed by atoms with E-state index in [-0.39, 0.29) is 18.0 Å². The second-order valence-corrected chi connectivity index (χ2v) is 6.03. The van der Waals surface area contributed by atoms with E-state index in [1.165, 1.54) is 12.1 Å². The number of hydrogen-bond donors (Lipinski definition) is 2. The summed E-state index contributed by atoms with van der Waals surface area (Å²) in [5.74, 6) is 0.190. The van der Waals surface area contributed by atoms with E-state index in [2.05, 4.69) is 21.2 Å². The lowest BCUT2D eigenvalue weighted by atomic mass is 10.1. The standard InChI is InChI=1S/C13H19BrFNO2/c1-13(2,3)16-7-9(17)8-18-10-4-5-12(15)11(14)6-10/h4-6,9,16-17H,7-8H2,1-3H3. The highest BCUT2D eigenvalue weighted by molar-refractivity contribution is 9.10. The second-order valence-electron chi connectivity index (χ2n) is 5.17. The summed E-state index contributed by atoms with van der Waals surface area (Å²) in [6.45, 7) is 6.69. The summed E-state index contributed by atoms with van der Waals surface area (Å²) >= 11 is 3.08. The predicted octanol–water partition coefficient (Wildman–Crippen LogP) is 2.72. The summed E-state index contributed by atoms with van der Waals surface area (Å²) in [5.41, 5.74) is -0.0418. The zero-order valence-corrected chi connectivity index (χ0v) is 12.4. The zero-order valence-electron chi connectivity index (χ0n) is 10.8. The number of β-amino-alcohol motifs (C(OH)–C–C–N with tert-alkyl or cyclic N) is 1. The molecule has 1 unspecified atom stereocenters. The molecule has 0 aliphatic heterocycles. The first kappa shape index (κ1) is 15.4. The Bertz CT molecular complexity index is 393. The van der Waals surface area contributed by atoms with Gasteiger partial charge in [-0.15, -0.1) is 0 Å². The molecule has 0 spiro atoms. The van der Waals surface area contributed by atoms with Crippen LogP contribution >= 0.6 is 15.9 Å². The van der Waals surface area contributed by atoms with E-state index < -0.39 is 6.10 Å². The maximum absolute atomic E-state index is 13.0. The van der Waals surface area contributed by atoms with Crippen LogP contribution in [-0.4, -0.2) is 29.9 Å². The molecule has 1 aromatic carbocycles. The van der Waals surface area contributed by atoms with Gasteiger partial charge in [0, 0.05) is 12.1 Å². The second kappa shape index (κ2) is 6.50. The third kappa shape index (κ3) is 5.80. The average molecular weight is 320 g/mol. The fourth-order valence-electron chi connectivity index (χ4n) is 1.24. The fraction of sp³-hybridized carbons (Fsp3) is 0.538. The van der Waals surface area contributed by atoms with Gasteiger partial charge in [-0.05, 0) is 54.9 Å². The van der Waals surface area contributed by atoms with Crippen LogP contribution in [0.3, 0.4) is 0 Å². The van der Waals surface area contributed by atoms with E-state index in [0.717, 1.165) is 0 Å². The molecule has 0 aliphatic rings. The first-order valence-electron chi connectivity index (χ1n) is 5.79. The molecule has 0 aromatic heterocycles. The van der Waals surface area contributed by atoms with E-state index in [1.54, 1.807) is 6.07 Å². The number of benzene rings is 1. The molecule has 0 radical (unpaired) electrons. The third-order valence-corrected chi connectivity index (χ3v) is 2.81. The molecule has 1 atom stereocenters. The van der Waals surface area contributed by atoms with Gasteiger partial charge in [0.05, 0.1) is 4.47 Å². The van der Waals surface area contributed by atoms with Crippen LogP contribution in [0, 0.1) is 5.82 Å². The van der Waals surface area contributed by atoms with Crippen LogP contribution in [-0.2, 0) is 0 Å². The van der Waals surface area contributed by atoms with Gasteiger partial charge < -0.3 is 15.2 Å². The summed E-state index contributed by atoms with van der Waals surface area (Å²) < 4.78 is 18.7. The molecule has 1 rings (SSSR count). The molecule has 0 saturated heterocycles. The molecule has 0 amide bonds. The van der Waals surface area contributed by atoms with Crippen molar-refractivity contribution in [1.29, 1.82) is 0 Å². The van der Waals surface area contributed by atoms with E-state index in [1.807, 2.05) is 20.8 Å². The lowest BCUT2D eigenvalue weighted by Crippen LogP contribution is -2.42. The van der Waals surface area contributed by atoms with Crippen molar-refractivity contribution in [2.75, 3.05) is 13.2 Å². The van der Waals surface area contributed by atoms with Crippen LogP contribution in [0.5, 0.6) is 5.75 Å². The average Bonchev–Trinajstić information content (AvgIpc) is 2.27. The SMILES string of the molecule is CC(C)(C)NCC(O)COc1ccc(F)c(Br)c1. The number of rotatable bonds is 5.